The van der Waals surface area contributed by atoms with Gasteiger partial charge in [0.25, 0.3) is 0 Å². The quantitative estimate of drug-likeness (QED) is 0.795. The molecule has 0 spiro atoms. The van der Waals surface area contributed by atoms with E-state index in [1.807, 2.05) is 0 Å². The maximum absolute atomic E-state index is 12.3. The highest BCUT2D eigenvalue weighted by atomic mass is 32.1. The van der Waals surface area contributed by atoms with Gasteiger partial charge in [-0.25, -0.2) is 4.98 Å². The number of Topliss-reactive ketones (excluding diaryl/α,β-unsaturated/α-hetero) is 1. The van der Waals surface area contributed by atoms with Crippen molar-refractivity contribution >= 4 is 17.1 Å². The fourth-order valence-electron chi connectivity index (χ4n) is 1.56. The number of alkyl halides is 3. The van der Waals surface area contributed by atoms with Crippen LogP contribution >= 0.6 is 11.3 Å². The smallest absolute Gasteiger partial charge is 0.294 e. The molecule has 0 bridgehead atoms. The molecule has 0 saturated carbocycles. The lowest BCUT2D eigenvalue weighted by Gasteiger charge is -2.00. The van der Waals surface area contributed by atoms with Crippen molar-refractivity contribution in [3.63, 3.8) is 0 Å². The topological polar surface area (TPSA) is 30.0 Å². The first-order chi connectivity index (χ1) is 8.97. The van der Waals surface area contributed by atoms with Crippen molar-refractivity contribution < 1.29 is 18.0 Å². The van der Waals surface area contributed by atoms with Crippen molar-refractivity contribution in [1.82, 2.24) is 4.98 Å². The fraction of sp³-hybridized carbons (Fsp3) is 0.231. The number of hydrogen-bond donors (Lipinski definition) is 0. The van der Waals surface area contributed by atoms with Gasteiger partial charge in [-0.3, -0.25) is 4.79 Å². The van der Waals surface area contributed by atoms with Crippen molar-refractivity contribution in [1.29, 1.82) is 0 Å². The second-order valence-corrected chi connectivity index (χ2v) is 5.03. The summed E-state index contributed by atoms with van der Waals surface area (Å²) in [7, 11) is 0. The average molecular weight is 285 g/mol. The molecular weight excluding hydrogens is 275 g/mol. The van der Waals surface area contributed by atoms with E-state index in [1.54, 1.807) is 30.3 Å². The van der Waals surface area contributed by atoms with E-state index in [0.717, 1.165) is 0 Å². The first-order valence-electron chi connectivity index (χ1n) is 5.57. The van der Waals surface area contributed by atoms with Crippen LogP contribution in [0.1, 0.15) is 26.7 Å². The lowest BCUT2D eigenvalue weighted by atomic mass is 10.1. The van der Waals surface area contributed by atoms with Crippen molar-refractivity contribution in [2.24, 2.45) is 0 Å². The molecule has 0 saturated heterocycles. The van der Waals surface area contributed by atoms with E-state index in [2.05, 4.69) is 4.98 Å². The minimum atomic E-state index is -4.41. The van der Waals surface area contributed by atoms with Gasteiger partial charge in [0.2, 0.25) is 0 Å². The molecule has 6 heteroatoms. The van der Waals surface area contributed by atoms with Crippen molar-refractivity contribution in [2.75, 3.05) is 0 Å². The number of benzene rings is 1. The first-order valence-corrected chi connectivity index (χ1v) is 6.38. The maximum Gasteiger partial charge on any atom is 0.443 e. The number of halogens is 3. The number of ketones is 1. The van der Waals surface area contributed by atoms with Gasteiger partial charge in [-0.05, 0) is 6.42 Å². The molecule has 0 amide bonds. The average Bonchev–Trinajstić information content (AvgIpc) is 2.86. The van der Waals surface area contributed by atoms with Crippen LogP contribution in [0.5, 0.6) is 0 Å². The van der Waals surface area contributed by atoms with E-state index in [0.29, 0.717) is 21.8 Å². The van der Waals surface area contributed by atoms with Crippen molar-refractivity contribution in [2.45, 2.75) is 19.0 Å². The summed E-state index contributed by atoms with van der Waals surface area (Å²) >= 11 is 0.589. The predicted octanol–water partition coefficient (Wildman–Crippen LogP) is 3.98. The number of nitrogens with zero attached hydrogens (tertiary/aromatic N) is 1. The Kier molecular flexibility index (Phi) is 3.99. The summed E-state index contributed by atoms with van der Waals surface area (Å²) in [5, 5.41) is -0.866. The third-order valence-corrected chi connectivity index (χ3v) is 3.59. The van der Waals surface area contributed by atoms with Gasteiger partial charge in [-0.15, -0.1) is 11.3 Å². The number of aryl methyl sites for hydroxylation is 1. The largest absolute Gasteiger partial charge is 0.443 e. The highest BCUT2D eigenvalue weighted by molar-refractivity contribution is 7.11. The lowest BCUT2D eigenvalue weighted by Crippen LogP contribution is -2.03. The van der Waals surface area contributed by atoms with Gasteiger partial charge in [-0.1, -0.05) is 30.3 Å². The molecule has 100 valence electrons. The van der Waals surface area contributed by atoms with E-state index < -0.39 is 11.2 Å². The highest BCUT2D eigenvalue weighted by Gasteiger charge is 2.34. The SMILES string of the molecule is O=C(CCc1cnc(C(F)(F)F)s1)c1ccccc1. The summed E-state index contributed by atoms with van der Waals surface area (Å²) in [6.07, 6.45) is -2.76. The van der Waals surface area contributed by atoms with Crippen LogP contribution in [-0.4, -0.2) is 10.8 Å². The molecule has 1 aromatic carbocycles. The summed E-state index contributed by atoms with van der Waals surface area (Å²) in [5.41, 5.74) is 0.572. The Bertz CT molecular complexity index is 563. The molecular formula is C13H10F3NOS. The van der Waals surface area contributed by atoms with Gasteiger partial charge in [0.15, 0.2) is 10.8 Å². The molecule has 0 N–H and O–H groups in total. The molecule has 2 aromatic rings. The molecule has 2 rings (SSSR count). The van der Waals surface area contributed by atoms with Crippen molar-refractivity contribution in [3.05, 3.63) is 52.0 Å². The van der Waals surface area contributed by atoms with Gasteiger partial charge < -0.3 is 0 Å². The Morgan fingerprint density at radius 2 is 1.89 bits per heavy atom. The second-order valence-electron chi connectivity index (χ2n) is 3.92. The molecule has 0 fully saturated rings. The molecule has 2 nitrogen and oxygen atoms in total. The van der Waals surface area contributed by atoms with Crippen molar-refractivity contribution in [3.8, 4) is 0 Å². The van der Waals surface area contributed by atoms with Crippen LogP contribution in [0, 0.1) is 0 Å². The lowest BCUT2D eigenvalue weighted by molar-refractivity contribution is -0.137. The number of hydrogen-bond acceptors (Lipinski definition) is 3. The van der Waals surface area contributed by atoms with E-state index in [-0.39, 0.29) is 18.6 Å². The van der Waals surface area contributed by atoms with Gasteiger partial charge in [-0.2, -0.15) is 13.2 Å². The monoisotopic (exact) mass is 285 g/mol. The minimum Gasteiger partial charge on any atom is -0.294 e. The minimum absolute atomic E-state index is 0.0810. The van der Waals surface area contributed by atoms with Gasteiger partial charge >= 0.3 is 6.18 Å². The zero-order chi connectivity index (χ0) is 13.9. The summed E-state index contributed by atoms with van der Waals surface area (Å²) in [6, 6.07) is 8.69. The standard InChI is InChI=1S/C13H10F3NOS/c14-13(15,16)12-17-8-10(19-12)6-7-11(18)9-4-2-1-3-5-9/h1-5,8H,6-7H2. The van der Waals surface area contributed by atoms with E-state index in [1.165, 1.54) is 6.20 Å². The Morgan fingerprint density at radius 3 is 2.47 bits per heavy atom. The molecule has 1 heterocycles. The van der Waals surface area contributed by atoms with Crippen LogP contribution in [0.15, 0.2) is 36.5 Å². The summed E-state index contributed by atoms with van der Waals surface area (Å²) in [4.78, 5) is 15.6. The number of rotatable bonds is 4. The van der Waals surface area contributed by atoms with Gasteiger partial charge in [0.1, 0.15) is 0 Å². The molecule has 19 heavy (non-hydrogen) atoms. The normalized spacial score (nSPS) is 11.5. The third kappa shape index (κ3) is 3.64. The van der Waals surface area contributed by atoms with Crippen LogP contribution in [-0.2, 0) is 12.6 Å². The van der Waals surface area contributed by atoms with Gasteiger partial charge in [0.05, 0.1) is 0 Å². The van der Waals surface area contributed by atoms with E-state index >= 15 is 0 Å². The Labute approximate surface area is 111 Å². The molecule has 0 aliphatic carbocycles. The fourth-order valence-corrected chi connectivity index (χ4v) is 2.34. The Hall–Kier alpha value is -1.69. The van der Waals surface area contributed by atoms with E-state index in [9.17, 15) is 18.0 Å². The zero-order valence-corrected chi connectivity index (χ0v) is 10.6. The summed E-state index contributed by atoms with van der Waals surface area (Å²) in [5.74, 6) is -0.0810. The molecule has 0 aliphatic heterocycles. The number of carbonyl (C=O) groups is 1. The van der Waals surface area contributed by atoms with E-state index in [4.69, 9.17) is 0 Å². The predicted molar refractivity (Wildman–Crippen MR) is 66.2 cm³/mol. The van der Waals surface area contributed by atoms with Crippen LogP contribution in [0.3, 0.4) is 0 Å². The van der Waals surface area contributed by atoms with Gasteiger partial charge in [0, 0.05) is 23.1 Å². The van der Waals surface area contributed by atoms with Crippen LogP contribution in [0.4, 0.5) is 13.2 Å². The Balaban J connectivity index is 1.96. The summed E-state index contributed by atoms with van der Waals surface area (Å²) in [6.45, 7) is 0. The highest BCUT2D eigenvalue weighted by Crippen LogP contribution is 2.32. The Morgan fingerprint density at radius 1 is 1.21 bits per heavy atom. The molecule has 1 aromatic heterocycles. The number of aromatic nitrogens is 1. The van der Waals surface area contributed by atoms with Crippen LogP contribution < -0.4 is 0 Å². The number of thiazole rings is 1. The second kappa shape index (κ2) is 5.52. The molecule has 0 aliphatic rings. The molecule has 0 radical (unpaired) electrons. The zero-order valence-electron chi connectivity index (χ0n) is 9.78. The molecule has 0 unspecified atom stereocenters. The first kappa shape index (κ1) is 13.7. The maximum atomic E-state index is 12.3. The third-order valence-electron chi connectivity index (χ3n) is 2.49. The number of carbonyl (C=O) groups excluding carboxylic acids is 1. The summed E-state index contributed by atoms with van der Waals surface area (Å²) < 4.78 is 37.0. The van der Waals surface area contributed by atoms with Crippen LogP contribution in [0.25, 0.3) is 0 Å². The molecule has 0 atom stereocenters. The van der Waals surface area contributed by atoms with Crippen LogP contribution in [0.2, 0.25) is 0 Å².